The first-order valence-corrected chi connectivity index (χ1v) is 13.9. The summed E-state index contributed by atoms with van der Waals surface area (Å²) < 4.78 is 39.1. The number of nitrogens with zero attached hydrogens (tertiary/aromatic N) is 4. The highest BCUT2D eigenvalue weighted by Gasteiger charge is 2.29. The molecule has 0 aromatic heterocycles. The summed E-state index contributed by atoms with van der Waals surface area (Å²) in [5.41, 5.74) is 1.70. The van der Waals surface area contributed by atoms with Gasteiger partial charge in [-0.25, -0.2) is 8.42 Å². The lowest BCUT2D eigenvalue weighted by molar-refractivity contribution is -0.122. The summed E-state index contributed by atoms with van der Waals surface area (Å²) in [6, 6.07) is 13.5. The van der Waals surface area contributed by atoms with Crippen molar-refractivity contribution in [2.75, 3.05) is 69.2 Å². The average Bonchev–Trinajstić information content (AvgIpc) is 2.94. The minimum atomic E-state index is -3.74. The van der Waals surface area contributed by atoms with Crippen molar-refractivity contribution in [2.24, 2.45) is 0 Å². The standard InChI is InChI=1S/C26H33N5O5S/c1-3-29-10-12-30(13-11-29)25-9-8-23(37(33,34)31-14-16-35-17-15-31)18-24(25)28-26(32)20(2)36-22-6-4-21(19-27)5-7-22/h4-9,18,20H,3,10-17H2,1-2H3,(H,28,32). The van der Waals surface area contributed by atoms with E-state index in [0.29, 0.717) is 43.3 Å². The molecule has 0 aliphatic carbocycles. The van der Waals surface area contributed by atoms with Gasteiger partial charge in [-0.1, -0.05) is 6.92 Å². The topological polar surface area (TPSA) is 115 Å². The molecule has 1 atom stereocenters. The first-order chi connectivity index (χ1) is 17.8. The Morgan fingerprint density at radius 2 is 1.76 bits per heavy atom. The van der Waals surface area contributed by atoms with Crippen LogP contribution in [-0.4, -0.2) is 88.7 Å². The van der Waals surface area contributed by atoms with Gasteiger partial charge in [0, 0.05) is 39.3 Å². The number of amides is 1. The highest BCUT2D eigenvalue weighted by molar-refractivity contribution is 7.89. The predicted octanol–water partition coefficient (Wildman–Crippen LogP) is 2.13. The number of carbonyl (C=O) groups is 1. The van der Waals surface area contributed by atoms with E-state index in [1.165, 1.54) is 4.31 Å². The maximum absolute atomic E-state index is 13.3. The number of morpholine rings is 1. The molecule has 2 aromatic carbocycles. The van der Waals surface area contributed by atoms with E-state index in [-0.39, 0.29) is 4.90 Å². The zero-order valence-corrected chi connectivity index (χ0v) is 22.0. The van der Waals surface area contributed by atoms with E-state index in [1.807, 2.05) is 6.07 Å². The summed E-state index contributed by atoms with van der Waals surface area (Å²) in [4.78, 5) is 17.8. The monoisotopic (exact) mass is 527 g/mol. The molecular weight excluding hydrogens is 494 g/mol. The zero-order chi connectivity index (χ0) is 26.4. The fourth-order valence-corrected chi connectivity index (χ4v) is 5.83. The number of piperazine rings is 1. The Labute approximate surface area is 218 Å². The van der Waals surface area contributed by atoms with Crippen molar-refractivity contribution < 1.29 is 22.7 Å². The van der Waals surface area contributed by atoms with E-state index in [4.69, 9.17) is 14.7 Å². The van der Waals surface area contributed by atoms with Crippen LogP contribution >= 0.6 is 0 Å². The molecule has 1 amide bonds. The normalized spacial score (nSPS) is 18.1. The Balaban J connectivity index is 1.58. The number of benzene rings is 2. The van der Waals surface area contributed by atoms with Crippen molar-refractivity contribution in [1.82, 2.24) is 9.21 Å². The van der Waals surface area contributed by atoms with Crippen LogP contribution in [0, 0.1) is 11.3 Å². The quantitative estimate of drug-likeness (QED) is 0.555. The van der Waals surface area contributed by atoms with Crippen molar-refractivity contribution in [1.29, 1.82) is 5.26 Å². The number of anilines is 2. The number of likely N-dealkylation sites (N-methyl/N-ethyl adjacent to an activating group) is 1. The minimum Gasteiger partial charge on any atom is -0.481 e. The summed E-state index contributed by atoms with van der Waals surface area (Å²) in [5, 5.41) is 11.9. The molecular formula is C26H33N5O5S. The summed E-state index contributed by atoms with van der Waals surface area (Å²) >= 11 is 0. The molecule has 1 N–H and O–H groups in total. The molecule has 2 saturated heterocycles. The SMILES string of the molecule is CCN1CCN(c2ccc(S(=O)(=O)N3CCOCC3)cc2NC(=O)C(C)Oc2ccc(C#N)cc2)CC1. The van der Waals surface area contributed by atoms with Gasteiger partial charge in [-0.15, -0.1) is 0 Å². The smallest absolute Gasteiger partial charge is 0.265 e. The molecule has 0 radical (unpaired) electrons. The van der Waals surface area contributed by atoms with Crippen molar-refractivity contribution in [3.05, 3.63) is 48.0 Å². The number of hydrogen-bond acceptors (Lipinski definition) is 8. The molecule has 0 saturated carbocycles. The van der Waals surface area contributed by atoms with Crippen LogP contribution in [0.5, 0.6) is 5.75 Å². The van der Waals surface area contributed by atoms with Gasteiger partial charge >= 0.3 is 0 Å². The lowest BCUT2D eigenvalue weighted by Gasteiger charge is -2.36. The van der Waals surface area contributed by atoms with Gasteiger partial charge in [0.05, 0.1) is 41.1 Å². The zero-order valence-electron chi connectivity index (χ0n) is 21.2. The number of nitrogens with one attached hydrogen (secondary N) is 1. The third-order valence-electron chi connectivity index (χ3n) is 6.66. The van der Waals surface area contributed by atoms with Crippen LogP contribution in [0.1, 0.15) is 19.4 Å². The van der Waals surface area contributed by atoms with Gasteiger partial charge in [-0.3, -0.25) is 4.79 Å². The summed E-state index contributed by atoms with van der Waals surface area (Å²) in [6.07, 6.45) is -0.850. The van der Waals surface area contributed by atoms with Crippen molar-refractivity contribution in [2.45, 2.75) is 24.8 Å². The number of hydrogen-bond donors (Lipinski definition) is 1. The predicted molar refractivity (Wildman–Crippen MR) is 140 cm³/mol. The van der Waals surface area contributed by atoms with Gasteiger partial charge in [-0.2, -0.15) is 9.57 Å². The number of ether oxygens (including phenoxy) is 2. The molecule has 37 heavy (non-hydrogen) atoms. The lowest BCUT2D eigenvalue weighted by atomic mass is 10.2. The second-order valence-electron chi connectivity index (χ2n) is 9.00. The van der Waals surface area contributed by atoms with E-state index in [1.54, 1.807) is 49.4 Å². The molecule has 2 heterocycles. The minimum absolute atomic E-state index is 0.126. The molecule has 2 fully saturated rings. The molecule has 2 aliphatic heterocycles. The van der Waals surface area contributed by atoms with E-state index < -0.39 is 22.0 Å². The Kier molecular flexibility index (Phi) is 8.66. The van der Waals surface area contributed by atoms with E-state index in [9.17, 15) is 13.2 Å². The van der Waals surface area contributed by atoms with E-state index in [2.05, 4.69) is 22.0 Å². The van der Waals surface area contributed by atoms with Crippen LogP contribution in [0.2, 0.25) is 0 Å². The van der Waals surface area contributed by atoms with Crippen molar-refractivity contribution in [3.63, 3.8) is 0 Å². The third kappa shape index (κ3) is 6.40. The van der Waals surface area contributed by atoms with Crippen LogP contribution in [0.4, 0.5) is 11.4 Å². The van der Waals surface area contributed by atoms with E-state index >= 15 is 0 Å². The molecule has 2 aromatic rings. The van der Waals surface area contributed by atoms with Crippen molar-refractivity contribution >= 4 is 27.3 Å². The van der Waals surface area contributed by atoms with Crippen LogP contribution in [0.3, 0.4) is 0 Å². The van der Waals surface area contributed by atoms with Gasteiger partial charge in [0.1, 0.15) is 5.75 Å². The van der Waals surface area contributed by atoms with Gasteiger partial charge in [-0.05, 0) is 55.9 Å². The molecule has 10 nitrogen and oxygen atoms in total. The molecule has 11 heteroatoms. The van der Waals surface area contributed by atoms with Gasteiger partial charge in [0.25, 0.3) is 5.91 Å². The van der Waals surface area contributed by atoms with Gasteiger partial charge in [0.2, 0.25) is 10.0 Å². The van der Waals surface area contributed by atoms with E-state index in [0.717, 1.165) is 38.4 Å². The lowest BCUT2D eigenvalue weighted by Crippen LogP contribution is -2.46. The molecule has 2 aliphatic rings. The summed E-state index contributed by atoms with van der Waals surface area (Å²) in [6.45, 7) is 9.32. The highest BCUT2D eigenvalue weighted by Crippen LogP contribution is 2.31. The Morgan fingerprint density at radius 1 is 1.08 bits per heavy atom. The Hall–Kier alpha value is -3.17. The summed E-state index contributed by atoms with van der Waals surface area (Å²) in [7, 11) is -3.74. The highest BCUT2D eigenvalue weighted by atomic mass is 32.2. The van der Waals surface area contributed by atoms with Crippen LogP contribution in [-0.2, 0) is 19.6 Å². The van der Waals surface area contributed by atoms with Crippen LogP contribution in [0.15, 0.2) is 47.4 Å². The van der Waals surface area contributed by atoms with Gasteiger partial charge in [0.15, 0.2) is 6.10 Å². The second-order valence-corrected chi connectivity index (χ2v) is 10.9. The molecule has 1 unspecified atom stereocenters. The third-order valence-corrected chi connectivity index (χ3v) is 8.55. The molecule has 0 spiro atoms. The first kappa shape index (κ1) is 26.9. The fraction of sp³-hybridized carbons (Fsp3) is 0.462. The Bertz CT molecular complexity index is 1230. The fourth-order valence-electron chi connectivity index (χ4n) is 4.39. The van der Waals surface area contributed by atoms with Crippen molar-refractivity contribution in [3.8, 4) is 11.8 Å². The second kappa shape index (κ2) is 11.9. The summed E-state index contributed by atoms with van der Waals surface area (Å²) in [5.74, 6) is 0.0555. The Morgan fingerprint density at radius 3 is 2.38 bits per heavy atom. The van der Waals surface area contributed by atoms with Gasteiger partial charge < -0.3 is 24.6 Å². The van der Waals surface area contributed by atoms with Crippen LogP contribution < -0.4 is 15.0 Å². The number of sulfonamides is 1. The number of carbonyl (C=O) groups excluding carboxylic acids is 1. The molecule has 0 bridgehead atoms. The number of nitriles is 1. The average molecular weight is 528 g/mol. The largest absolute Gasteiger partial charge is 0.481 e. The van der Waals surface area contributed by atoms with Crippen LogP contribution in [0.25, 0.3) is 0 Å². The maximum Gasteiger partial charge on any atom is 0.265 e. The molecule has 4 rings (SSSR count). The molecule has 198 valence electrons. The first-order valence-electron chi connectivity index (χ1n) is 12.5. The maximum atomic E-state index is 13.3. The number of rotatable bonds is 8.